The molecule has 2 bridgehead atoms. The van der Waals surface area contributed by atoms with Crippen LogP contribution < -0.4 is 0 Å². The highest BCUT2D eigenvalue weighted by atomic mass is 16.3. The van der Waals surface area contributed by atoms with Gasteiger partial charge in [0, 0.05) is 0 Å². The van der Waals surface area contributed by atoms with Crippen LogP contribution >= 0.6 is 0 Å². The molecule has 0 heterocycles. The summed E-state index contributed by atoms with van der Waals surface area (Å²) in [5.74, 6) is 3.70. The first kappa shape index (κ1) is 12.0. The van der Waals surface area contributed by atoms with Crippen LogP contribution in [0.5, 0.6) is 0 Å². The van der Waals surface area contributed by atoms with Gasteiger partial charge in [0.2, 0.25) is 0 Å². The second-order valence-corrected chi connectivity index (χ2v) is 7.37. The molecule has 0 aromatic rings. The number of fused-ring (bicyclic) bond motifs is 2. The van der Waals surface area contributed by atoms with Crippen LogP contribution in [0.3, 0.4) is 0 Å². The lowest BCUT2D eigenvalue weighted by atomic mass is 9.61. The van der Waals surface area contributed by atoms with Gasteiger partial charge in [-0.05, 0) is 61.7 Å². The highest BCUT2D eigenvalue weighted by molar-refractivity contribution is 5.04. The van der Waals surface area contributed by atoms with Crippen LogP contribution in [0.2, 0.25) is 0 Å². The summed E-state index contributed by atoms with van der Waals surface area (Å²) >= 11 is 0. The Morgan fingerprint density at radius 1 is 1.06 bits per heavy atom. The molecule has 1 heteroatoms. The van der Waals surface area contributed by atoms with Gasteiger partial charge >= 0.3 is 0 Å². The van der Waals surface area contributed by atoms with E-state index in [9.17, 15) is 5.11 Å². The van der Waals surface area contributed by atoms with Gasteiger partial charge in [0.25, 0.3) is 0 Å². The van der Waals surface area contributed by atoms with E-state index in [1.807, 2.05) is 0 Å². The van der Waals surface area contributed by atoms with E-state index in [1.54, 1.807) is 0 Å². The van der Waals surface area contributed by atoms with Crippen molar-refractivity contribution in [3.05, 3.63) is 0 Å². The Balaban J connectivity index is 1.82. The smallest absolute Gasteiger partial charge is 0.0709 e. The van der Waals surface area contributed by atoms with Gasteiger partial charge in [-0.2, -0.15) is 0 Å². The molecule has 5 atom stereocenters. The van der Waals surface area contributed by atoms with E-state index in [1.165, 1.54) is 44.9 Å². The van der Waals surface area contributed by atoms with Crippen molar-refractivity contribution in [1.29, 1.82) is 0 Å². The lowest BCUT2D eigenvalue weighted by molar-refractivity contribution is -0.124. The van der Waals surface area contributed by atoms with Crippen LogP contribution in [-0.4, -0.2) is 10.7 Å². The summed E-state index contributed by atoms with van der Waals surface area (Å²) in [5.41, 5.74) is -0.299. The summed E-state index contributed by atoms with van der Waals surface area (Å²) in [5, 5.41) is 11.3. The third-order valence-electron chi connectivity index (χ3n) is 6.17. The van der Waals surface area contributed by atoms with Crippen molar-refractivity contribution in [2.45, 2.75) is 70.8 Å². The molecule has 3 aliphatic rings. The molecular weight excluding hydrogens is 208 g/mol. The normalized spacial score (nSPS) is 50.1. The summed E-state index contributed by atoms with van der Waals surface area (Å²) in [7, 11) is 0. The Hall–Kier alpha value is -0.0400. The molecule has 3 rings (SSSR count). The molecule has 17 heavy (non-hydrogen) atoms. The number of rotatable bonds is 2. The lowest BCUT2D eigenvalue weighted by Crippen LogP contribution is -2.50. The predicted molar refractivity (Wildman–Crippen MR) is 70.7 cm³/mol. The SMILES string of the molecule is CC(C)C1CCCCC1(O)C1CC2CCC1C2. The zero-order valence-electron chi connectivity index (χ0n) is 11.5. The summed E-state index contributed by atoms with van der Waals surface area (Å²) in [6, 6.07) is 0. The van der Waals surface area contributed by atoms with Gasteiger partial charge in [0.1, 0.15) is 0 Å². The van der Waals surface area contributed by atoms with Gasteiger partial charge in [0.05, 0.1) is 5.60 Å². The van der Waals surface area contributed by atoms with E-state index < -0.39 is 0 Å². The van der Waals surface area contributed by atoms with Crippen molar-refractivity contribution in [2.75, 3.05) is 0 Å². The lowest BCUT2D eigenvalue weighted by Gasteiger charge is -2.49. The molecule has 5 unspecified atom stereocenters. The second-order valence-electron chi connectivity index (χ2n) is 7.37. The number of hydrogen-bond donors (Lipinski definition) is 1. The van der Waals surface area contributed by atoms with Crippen molar-refractivity contribution >= 4 is 0 Å². The topological polar surface area (TPSA) is 20.2 Å². The van der Waals surface area contributed by atoms with Crippen LogP contribution in [0.1, 0.15) is 65.2 Å². The van der Waals surface area contributed by atoms with E-state index in [0.29, 0.717) is 17.8 Å². The maximum atomic E-state index is 11.3. The molecule has 3 aliphatic carbocycles. The summed E-state index contributed by atoms with van der Waals surface area (Å²) in [6.45, 7) is 4.63. The molecule has 98 valence electrons. The van der Waals surface area contributed by atoms with Crippen molar-refractivity contribution in [2.24, 2.45) is 29.6 Å². The zero-order valence-corrected chi connectivity index (χ0v) is 11.5. The van der Waals surface area contributed by atoms with Crippen LogP contribution in [-0.2, 0) is 0 Å². The Morgan fingerprint density at radius 3 is 2.47 bits per heavy atom. The highest BCUT2D eigenvalue weighted by Crippen LogP contribution is 2.57. The van der Waals surface area contributed by atoms with Gasteiger partial charge in [-0.15, -0.1) is 0 Å². The maximum absolute atomic E-state index is 11.3. The molecule has 1 N–H and O–H groups in total. The van der Waals surface area contributed by atoms with Crippen molar-refractivity contribution in [1.82, 2.24) is 0 Å². The second kappa shape index (κ2) is 4.26. The van der Waals surface area contributed by atoms with E-state index in [4.69, 9.17) is 0 Å². The van der Waals surface area contributed by atoms with Crippen LogP contribution in [0.4, 0.5) is 0 Å². The molecule has 3 fully saturated rings. The largest absolute Gasteiger partial charge is 0.389 e. The first-order chi connectivity index (χ1) is 8.11. The monoisotopic (exact) mass is 236 g/mol. The van der Waals surface area contributed by atoms with Crippen LogP contribution in [0, 0.1) is 29.6 Å². The first-order valence-electron chi connectivity index (χ1n) is 7.83. The summed E-state index contributed by atoms with van der Waals surface area (Å²) in [6.07, 6.45) is 10.6. The third kappa shape index (κ3) is 1.85. The van der Waals surface area contributed by atoms with Crippen molar-refractivity contribution in [3.8, 4) is 0 Å². The summed E-state index contributed by atoms with van der Waals surface area (Å²) < 4.78 is 0. The molecule has 0 aromatic carbocycles. The van der Waals surface area contributed by atoms with Gasteiger partial charge in [0.15, 0.2) is 0 Å². The first-order valence-corrected chi connectivity index (χ1v) is 7.83. The molecule has 0 aromatic heterocycles. The fourth-order valence-electron chi connectivity index (χ4n) is 5.44. The Kier molecular flexibility index (Phi) is 3.01. The van der Waals surface area contributed by atoms with Gasteiger partial charge in [-0.25, -0.2) is 0 Å². The minimum Gasteiger partial charge on any atom is -0.389 e. The number of hydrogen-bond acceptors (Lipinski definition) is 1. The number of aliphatic hydroxyl groups is 1. The predicted octanol–water partition coefficient (Wildman–Crippen LogP) is 4.00. The quantitative estimate of drug-likeness (QED) is 0.768. The van der Waals surface area contributed by atoms with Crippen LogP contribution in [0.25, 0.3) is 0 Å². The Labute approximate surface area is 106 Å². The average Bonchev–Trinajstić information content (AvgIpc) is 2.91. The Bertz CT molecular complexity index is 285. The molecule has 0 spiro atoms. The molecule has 1 nitrogen and oxygen atoms in total. The molecular formula is C16H28O. The van der Waals surface area contributed by atoms with Gasteiger partial charge in [-0.3, -0.25) is 0 Å². The highest BCUT2D eigenvalue weighted by Gasteiger charge is 2.53. The molecule has 0 radical (unpaired) electrons. The molecule has 0 saturated heterocycles. The minimum atomic E-state index is -0.299. The molecule has 3 saturated carbocycles. The van der Waals surface area contributed by atoms with Gasteiger partial charge in [-0.1, -0.05) is 33.1 Å². The van der Waals surface area contributed by atoms with E-state index in [2.05, 4.69) is 13.8 Å². The average molecular weight is 236 g/mol. The van der Waals surface area contributed by atoms with Crippen LogP contribution in [0.15, 0.2) is 0 Å². The Morgan fingerprint density at radius 2 is 1.88 bits per heavy atom. The fraction of sp³-hybridized carbons (Fsp3) is 1.00. The van der Waals surface area contributed by atoms with Gasteiger partial charge < -0.3 is 5.11 Å². The standard InChI is InChI=1S/C16H28O/c1-11(2)14-5-3-4-8-16(14,17)15-10-12-6-7-13(15)9-12/h11-15,17H,3-10H2,1-2H3. The maximum Gasteiger partial charge on any atom is 0.0709 e. The molecule has 0 amide bonds. The summed E-state index contributed by atoms with van der Waals surface area (Å²) in [4.78, 5) is 0. The minimum absolute atomic E-state index is 0.299. The van der Waals surface area contributed by atoms with Crippen molar-refractivity contribution in [3.63, 3.8) is 0 Å². The van der Waals surface area contributed by atoms with E-state index in [0.717, 1.165) is 18.3 Å². The van der Waals surface area contributed by atoms with E-state index in [-0.39, 0.29) is 5.60 Å². The third-order valence-corrected chi connectivity index (χ3v) is 6.17. The molecule has 0 aliphatic heterocycles. The fourth-order valence-corrected chi connectivity index (χ4v) is 5.44. The zero-order chi connectivity index (χ0) is 12.0. The van der Waals surface area contributed by atoms with E-state index >= 15 is 0 Å². The van der Waals surface area contributed by atoms with Crippen molar-refractivity contribution < 1.29 is 5.11 Å².